The quantitative estimate of drug-likeness (QED) is 0.401. The maximum atomic E-state index is 14.4. The number of halogens is 1. The number of thiophene rings is 1. The molecule has 8 nitrogen and oxygen atoms in total. The molecule has 0 amide bonds. The third-order valence-electron chi connectivity index (χ3n) is 4.82. The highest BCUT2D eigenvalue weighted by Crippen LogP contribution is 2.32. The van der Waals surface area contributed by atoms with Gasteiger partial charge in [-0.25, -0.2) is 18.6 Å². The summed E-state index contributed by atoms with van der Waals surface area (Å²) in [6.07, 6.45) is 3.03. The van der Waals surface area contributed by atoms with Gasteiger partial charge < -0.3 is 4.74 Å². The molecule has 10 heteroatoms. The summed E-state index contributed by atoms with van der Waals surface area (Å²) < 4.78 is 23.5. The summed E-state index contributed by atoms with van der Waals surface area (Å²) in [6.45, 7) is 4.21. The molecule has 5 aromatic rings. The zero-order chi connectivity index (χ0) is 21.4. The van der Waals surface area contributed by atoms with Crippen LogP contribution >= 0.6 is 11.3 Å². The van der Waals surface area contributed by atoms with Crippen LogP contribution in [0.4, 0.5) is 4.39 Å². The molecule has 5 rings (SSSR count). The Morgan fingerprint density at radius 1 is 1.23 bits per heavy atom. The molecule has 0 radical (unpaired) electrons. The lowest BCUT2D eigenvalue weighted by Gasteiger charge is -2.15. The number of hydrogen-bond acceptors (Lipinski definition) is 7. The molecule has 0 fully saturated rings. The topological polar surface area (TPSA) is 83.0 Å². The van der Waals surface area contributed by atoms with Crippen molar-refractivity contribution in [1.82, 2.24) is 34.8 Å². The Morgan fingerprint density at radius 3 is 2.90 bits per heavy atom. The summed E-state index contributed by atoms with van der Waals surface area (Å²) in [7, 11) is 0. The standard InChI is InChI=1S/C21H18FN7OS/c1-13(11-28-12-23-26-27-28)30-18-10-15(5-6-16(18)22)17-7-8-29-21(24-17)20(14(2)25-29)19-4-3-9-31-19/h3-10,12-13H,11H2,1-2H3. The number of tetrazole rings is 1. The van der Waals surface area contributed by atoms with E-state index in [0.29, 0.717) is 12.2 Å². The van der Waals surface area contributed by atoms with E-state index in [1.165, 1.54) is 17.1 Å². The molecule has 0 saturated carbocycles. The summed E-state index contributed by atoms with van der Waals surface area (Å²) in [5.41, 5.74) is 4.14. The second kappa shape index (κ2) is 7.88. The van der Waals surface area contributed by atoms with E-state index in [4.69, 9.17) is 9.72 Å². The number of aromatic nitrogens is 7. The predicted molar refractivity (Wildman–Crippen MR) is 114 cm³/mol. The first-order valence-corrected chi connectivity index (χ1v) is 10.5. The normalized spacial score (nSPS) is 12.4. The number of benzene rings is 1. The summed E-state index contributed by atoms with van der Waals surface area (Å²) in [5, 5.41) is 17.6. The lowest BCUT2D eigenvalue weighted by atomic mass is 10.1. The van der Waals surface area contributed by atoms with Gasteiger partial charge in [0.05, 0.1) is 23.5 Å². The van der Waals surface area contributed by atoms with E-state index in [1.54, 1.807) is 28.0 Å². The number of hydrogen-bond donors (Lipinski definition) is 0. The molecule has 0 aliphatic carbocycles. The highest BCUT2D eigenvalue weighted by atomic mass is 32.1. The molecular weight excluding hydrogens is 417 g/mol. The first-order chi connectivity index (χ1) is 15.1. The van der Waals surface area contributed by atoms with Crippen LogP contribution < -0.4 is 4.74 Å². The van der Waals surface area contributed by atoms with Gasteiger partial charge in [0.25, 0.3) is 0 Å². The Morgan fingerprint density at radius 2 is 2.13 bits per heavy atom. The zero-order valence-electron chi connectivity index (χ0n) is 16.8. The van der Waals surface area contributed by atoms with Gasteiger partial charge >= 0.3 is 0 Å². The highest BCUT2D eigenvalue weighted by molar-refractivity contribution is 7.13. The maximum absolute atomic E-state index is 14.4. The fraction of sp³-hybridized carbons (Fsp3) is 0.190. The fourth-order valence-electron chi connectivity index (χ4n) is 3.44. The minimum absolute atomic E-state index is 0.155. The van der Waals surface area contributed by atoms with Gasteiger partial charge in [-0.1, -0.05) is 6.07 Å². The first kappa shape index (κ1) is 19.3. The van der Waals surface area contributed by atoms with Crippen molar-refractivity contribution in [2.24, 2.45) is 0 Å². The molecule has 0 bridgehead atoms. The Bertz CT molecular complexity index is 1330. The van der Waals surface area contributed by atoms with Crippen molar-refractivity contribution < 1.29 is 9.13 Å². The van der Waals surface area contributed by atoms with Gasteiger partial charge in [0.15, 0.2) is 17.2 Å². The Kier molecular flexibility index (Phi) is 4.91. The molecule has 0 aliphatic rings. The summed E-state index contributed by atoms with van der Waals surface area (Å²) in [4.78, 5) is 5.94. The molecule has 4 heterocycles. The highest BCUT2D eigenvalue weighted by Gasteiger charge is 2.16. The van der Waals surface area contributed by atoms with Crippen molar-refractivity contribution in [2.45, 2.75) is 26.5 Å². The molecule has 0 saturated heterocycles. The van der Waals surface area contributed by atoms with Gasteiger partial charge in [-0.15, -0.1) is 16.4 Å². The fourth-order valence-corrected chi connectivity index (χ4v) is 4.26. The minimum atomic E-state index is -0.437. The summed E-state index contributed by atoms with van der Waals surface area (Å²) in [5.74, 6) is -0.282. The molecule has 0 N–H and O–H groups in total. The van der Waals surface area contributed by atoms with Crippen molar-refractivity contribution in [3.05, 3.63) is 65.8 Å². The third-order valence-corrected chi connectivity index (χ3v) is 5.71. The second-order valence-corrected chi connectivity index (χ2v) is 8.07. The number of ether oxygens (including phenoxy) is 1. The van der Waals surface area contributed by atoms with E-state index < -0.39 is 5.82 Å². The molecule has 0 spiro atoms. The SMILES string of the molecule is Cc1nn2ccc(-c3ccc(F)c(OC(C)Cn4cnnn4)c3)nc2c1-c1cccs1. The summed E-state index contributed by atoms with van der Waals surface area (Å²) >= 11 is 1.64. The van der Waals surface area contributed by atoms with E-state index in [-0.39, 0.29) is 11.9 Å². The zero-order valence-corrected chi connectivity index (χ0v) is 17.6. The maximum Gasteiger partial charge on any atom is 0.165 e. The molecule has 0 aliphatic heterocycles. The molecule has 4 aromatic heterocycles. The van der Waals surface area contributed by atoms with Crippen molar-refractivity contribution in [3.63, 3.8) is 0 Å². The van der Waals surface area contributed by atoms with E-state index in [2.05, 4.69) is 26.7 Å². The van der Waals surface area contributed by atoms with E-state index >= 15 is 0 Å². The minimum Gasteiger partial charge on any atom is -0.486 e. The number of aryl methyl sites for hydroxylation is 1. The van der Waals surface area contributed by atoms with Crippen LogP contribution in [0.15, 0.2) is 54.3 Å². The van der Waals surface area contributed by atoms with Crippen LogP contribution in [-0.2, 0) is 6.54 Å². The summed E-state index contributed by atoms with van der Waals surface area (Å²) in [6, 6.07) is 10.7. The van der Waals surface area contributed by atoms with Gasteiger partial charge in [-0.3, -0.25) is 0 Å². The largest absolute Gasteiger partial charge is 0.486 e. The van der Waals surface area contributed by atoms with Crippen molar-refractivity contribution in [2.75, 3.05) is 0 Å². The van der Waals surface area contributed by atoms with Crippen molar-refractivity contribution >= 4 is 17.0 Å². The van der Waals surface area contributed by atoms with Crippen LogP contribution in [0.25, 0.3) is 27.3 Å². The van der Waals surface area contributed by atoms with Crippen LogP contribution in [0.3, 0.4) is 0 Å². The van der Waals surface area contributed by atoms with Gasteiger partial charge in [0, 0.05) is 16.6 Å². The predicted octanol–water partition coefficient (Wildman–Crippen LogP) is 4.03. The second-order valence-electron chi connectivity index (χ2n) is 7.12. The van der Waals surface area contributed by atoms with Crippen LogP contribution in [-0.4, -0.2) is 40.9 Å². The van der Waals surface area contributed by atoms with Gasteiger partial charge in [0.2, 0.25) is 0 Å². The van der Waals surface area contributed by atoms with Crippen molar-refractivity contribution in [3.8, 4) is 27.4 Å². The van der Waals surface area contributed by atoms with E-state index in [9.17, 15) is 4.39 Å². The van der Waals surface area contributed by atoms with Gasteiger partial charge in [-0.05, 0) is 60.0 Å². The molecule has 31 heavy (non-hydrogen) atoms. The smallest absolute Gasteiger partial charge is 0.165 e. The number of rotatable bonds is 6. The molecule has 1 atom stereocenters. The Balaban J connectivity index is 1.48. The number of fused-ring (bicyclic) bond motifs is 1. The molecular formula is C21H18FN7OS. The van der Waals surface area contributed by atoms with Crippen LogP contribution in [0.1, 0.15) is 12.6 Å². The van der Waals surface area contributed by atoms with E-state index in [0.717, 1.165) is 27.3 Å². The first-order valence-electron chi connectivity index (χ1n) is 9.65. The molecule has 1 unspecified atom stereocenters. The Hall–Kier alpha value is -3.66. The lowest BCUT2D eigenvalue weighted by molar-refractivity contribution is 0.185. The molecule has 1 aromatic carbocycles. The van der Waals surface area contributed by atoms with Crippen molar-refractivity contribution in [1.29, 1.82) is 0 Å². The van der Waals surface area contributed by atoms with Gasteiger partial charge in [-0.2, -0.15) is 5.10 Å². The number of nitrogens with zero attached hydrogens (tertiary/aromatic N) is 7. The monoisotopic (exact) mass is 435 g/mol. The van der Waals surface area contributed by atoms with Crippen LogP contribution in [0, 0.1) is 12.7 Å². The van der Waals surface area contributed by atoms with Crippen LogP contribution in [0.5, 0.6) is 5.75 Å². The van der Waals surface area contributed by atoms with Gasteiger partial charge in [0.1, 0.15) is 12.4 Å². The van der Waals surface area contributed by atoms with E-state index in [1.807, 2.05) is 37.6 Å². The molecule has 156 valence electrons. The average Bonchev–Trinajstić information content (AvgIpc) is 3.50. The van der Waals surface area contributed by atoms with Crippen LogP contribution in [0.2, 0.25) is 0 Å². The Labute approximate surface area is 180 Å². The lowest BCUT2D eigenvalue weighted by Crippen LogP contribution is -2.20. The third kappa shape index (κ3) is 3.77. The average molecular weight is 435 g/mol.